The molecule has 2 N–H and O–H groups in total. The van der Waals surface area contributed by atoms with E-state index in [0.29, 0.717) is 10.7 Å². The molecule has 0 aliphatic heterocycles. The predicted octanol–water partition coefficient (Wildman–Crippen LogP) is 2.20. The normalized spacial score (nSPS) is 10.0. The van der Waals surface area contributed by atoms with E-state index < -0.39 is 0 Å². The Morgan fingerprint density at radius 1 is 1.29 bits per heavy atom. The van der Waals surface area contributed by atoms with Crippen LogP contribution in [-0.4, -0.2) is 11.3 Å². The molecule has 0 atom stereocenters. The fourth-order valence-corrected chi connectivity index (χ4v) is 1.72. The van der Waals surface area contributed by atoms with E-state index in [0.717, 1.165) is 17.5 Å². The van der Waals surface area contributed by atoms with Gasteiger partial charge in [-0.1, -0.05) is 24.3 Å². The molecule has 0 saturated heterocycles. The van der Waals surface area contributed by atoms with Crippen LogP contribution in [0, 0.1) is 0 Å². The first-order chi connectivity index (χ1) is 6.79. The number of aldehydes is 1. The van der Waals surface area contributed by atoms with Gasteiger partial charge in [-0.05, 0) is 0 Å². The second-order valence-corrected chi connectivity index (χ2v) is 3.70. The number of benzene rings is 1. The van der Waals surface area contributed by atoms with Crippen molar-refractivity contribution in [2.45, 2.75) is 0 Å². The summed E-state index contributed by atoms with van der Waals surface area (Å²) in [5.74, 6) is 0. The maximum absolute atomic E-state index is 10.4. The number of hydrogen-bond acceptors (Lipinski definition) is 4. The van der Waals surface area contributed by atoms with E-state index in [-0.39, 0.29) is 0 Å². The van der Waals surface area contributed by atoms with Crippen LogP contribution in [0.1, 0.15) is 10.4 Å². The number of nitrogen functional groups attached to an aromatic ring is 1. The Morgan fingerprint density at radius 2 is 2.00 bits per heavy atom. The number of thiazole rings is 1. The number of hydrogen-bond donors (Lipinski definition) is 1. The number of aromatic nitrogens is 1. The second-order valence-electron chi connectivity index (χ2n) is 2.81. The Labute approximate surface area is 85.2 Å². The van der Waals surface area contributed by atoms with Crippen molar-refractivity contribution in [3.8, 4) is 11.3 Å². The van der Waals surface area contributed by atoms with Gasteiger partial charge in [0.05, 0.1) is 5.69 Å². The molecule has 0 aliphatic rings. The van der Waals surface area contributed by atoms with Gasteiger partial charge in [-0.3, -0.25) is 4.79 Å². The van der Waals surface area contributed by atoms with Crippen molar-refractivity contribution in [3.63, 3.8) is 0 Å². The van der Waals surface area contributed by atoms with Crippen LogP contribution in [0.5, 0.6) is 0 Å². The third kappa shape index (κ3) is 1.65. The van der Waals surface area contributed by atoms with Crippen LogP contribution in [0.15, 0.2) is 29.6 Å². The molecule has 14 heavy (non-hydrogen) atoms. The third-order valence-electron chi connectivity index (χ3n) is 1.86. The first-order valence-corrected chi connectivity index (χ1v) is 4.94. The minimum Gasteiger partial charge on any atom is -0.375 e. The highest BCUT2D eigenvalue weighted by atomic mass is 32.1. The van der Waals surface area contributed by atoms with Gasteiger partial charge in [-0.25, -0.2) is 4.98 Å². The van der Waals surface area contributed by atoms with Crippen LogP contribution >= 0.6 is 11.3 Å². The van der Waals surface area contributed by atoms with Gasteiger partial charge in [0.2, 0.25) is 0 Å². The lowest BCUT2D eigenvalue weighted by atomic mass is 10.1. The fourth-order valence-electron chi connectivity index (χ4n) is 1.15. The Balaban J connectivity index is 2.38. The van der Waals surface area contributed by atoms with Crippen molar-refractivity contribution in [3.05, 3.63) is 35.2 Å². The van der Waals surface area contributed by atoms with Gasteiger partial charge in [-0.15, -0.1) is 11.3 Å². The molecule has 0 aliphatic carbocycles. The van der Waals surface area contributed by atoms with Crippen molar-refractivity contribution in [1.82, 2.24) is 4.98 Å². The molecule has 0 fully saturated rings. The molecule has 2 rings (SSSR count). The summed E-state index contributed by atoms with van der Waals surface area (Å²) in [4.78, 5) is 14.6. The molecule has 3 nitrogen and oxygen atoms in total. The second kappa shape index (κ2) is 3.59. The maximum Gasteiger partial charge on any atom is 0.180 e. The number of carbonyl (C=O) groups is 1. The van der Waals surface area contributed by atoms with E-state index in [4.69, 9.17) is 5.73 Å². The summed E-state index contributed by atoms with van der Waals surface area (Å²) in [6.45, 7) is 0. The molecule has 0 bridgehead atoms. The summed E-state index contributed by atoms with van der Waals surface area (Å²) in [7, 11) is 0. The Kier molecular flexibility index (Phi) is 2.28. The van der Waals surface area contributed by atoms with Crippen molar-refractivity contribution >= 4 is 22.8 Å². The van der Waals surface area contributed by atoms with Crippen LogP contribution in [0.4, 0.5) is 5.13 Å². The maximum atomic E-state index is 10.4. The summed E-state index contributed by atoms with van der Waals surface area (Å²) in [5, 5.41) is 2.45. The predicted molar refractivity (Wildman–Crippen MR) is 57.3 cm³/mol. The van der Waals surface area contributed by atoms with Gasteiger partial charge < -0.3 is 5.73 Å². The molecule has 1 aromatic heterocycles. The minimum atomic E-state index is 0.555. The summed E-state index contributed by atoms with van der Waals surface area (Å²) in [6.07, 6.45) is 0.819. The Morgan fingerprint density at radius 3 is 2.50 bits per heavy atom. The van der Waals surface area contributed by atoms with Crippen LogP contribution in [-0.2, 0) is 0 Å². The Bertz CT molecular complexity index is 447. The Hall–Kier alpha value is -1.68. The highest BCUT2D eigenvalue weighted by molar-refractivity contribution is 7.13. The molecule has 70 valence electrons. The molecular formula is C10H8N2OS. The van der Waals surface area contributed by atoms with E-state index >= 15 is 0 Å². The average Bonchev–Trinajstić information content (AvgIpc) is 2.65. The van der Waals surface area contributed by atoms with Crippen molar-refractivity contribution in [2.24, 2.45) is 0 Å². The van der Waals surface area contributed by atoms with Gasteiger partial charge in [0.1, 0.15) is 6.29 Å². The van der Waals surface area contributed by atoms with E-state index in [1.54, 1.807) is 12.1 Å². The van der Waals surface area contributed by atoms with E-state index in [1.807, 2.05) is 17.5 Å². The molecule has 0 unspecified atom stereocenters. The minimum absolute atomic E-state index is 0.555. The lowest BCUT2D eigenvalue weighted by Crippen LogP contribution is -1.84. The highest BCUT2D eigenvalue weighted by Gasteiger charge is 2.01. The number of rotatable bonds is 2. The third-order valence-corrected chi connectivity index (χ3v) is 2.54. The highest BCUT2D eigenvalue weighted by Crippen LogP contribution is 2.22. The molecule has 1 aromatic carbocycles. The van der Waals surface area contributed by atoms with Gasteiger partial charge in [0.25, 0.3) is 0 Å². The van der Waals surface area contributed by atoms with Crippen LogP contribution in [0.2, 0.25) is 0 Å². The van der Waals surface area contributed by atoms with Crippen molar-refractivity contribution in [1.29, 1.82) is 0 Å². The quantitative estimate of drug-likeness (QED) is 0.763. The van der Waals surface area contributed by atoms with Crippen LogP contribution < -0.4 is 5.73 Å². The molecule has 2 aromatic rings. The van der Waals surface area contributed by atoms with E-state index in [9.17, 15) is 4.79 Å². The average molecular weight is 204 g/mol. The summed E-state index contributed by atoms with van der Waals surface area (Å²) in [6, 6.07) is 7.24. The van der Waals surface area contributed by atoms with E-state index in [1.165, 1.54) is 11.3 Å². The molecule has 0 spiro atoms. The van der Waals surface area contributed by atoms with Crippen LogP contribution in [0.25, 0.3) is 11.3 Å². The zero-order valence-corrected chi connectivity index (χ0v) is 8.12. The van der Waals surface area contributed by atoms with Crippen LogP contribution in [0.3, 0.4) is 0 Å². The molecule has 4 heteroatoms. The van der Waals surface area contributed by atoms with Gasteiger partial charge >= 0.3 is 0 Å². The number of nitrogens with zero attached hydrogens (tertiary/aromatic N) is 1. The molecular weight excluding hydrogens is 196 g/mol. The fraction of sp³-hybridized carbons (Fsp3) is 0. The molecule has 0 radical (unpaired) electrons. The molecule has 1 heterocycles. The first kappa shape index (κ1) is 8.90. The number of nitrogens with two attached hydrogens (primary N) is 1. The molecule has 0 amide bonds. The lowest BCUT2D eigenvalue weighted by Gasteiger charge is -1.95. The zero-order chi connectivity index (χ0) is 9.97. The topological polar surface area (TPSA) is 56.0 Å². The SMILES string of the molecule is Nc1nc(-c2ccc(C=O)cc2)cs1. The monoisotopic (exact) mass is 204 g/mol. The molecule has 0 saturated carbocycles. The summed E-state index contributed by atoms with van der Waals surface area (Å²) in [5.41, 5.74) is 8.01. The van der Waals surface area contributed by atoms with Gasteiger partial charge in [0.15, 0.2) is 5.13 Å². The number of anilines is 1. The first-order valence-electron chi connectivity index (χ1n) is 4.06. The largest absolute Gasteiger partial charge is 0.375 e. The standard InChI is InChI=1S/C10H8N2OS/c11-10-12-9(6-14-10)8-3-1-7(5-13)2-4-8/h1-6H,(H2,11,12). The summed E-state index contributed by atoms with van der Waals surface area (Å²) >= 11 is 1.41. The zero-order valence-electron chi connectivity index (χ0n) is 7.31. The van der Waals surface area contributed by atoms with Gasteiger partial charge in [0, 0.05) is 16.5 Å². The van der Waals surface area contributed by atoms with Gasteiger partial charge in [-0.2, -0.15) is 0 Å². The van der Waals surface area contributed by atoms with Crippen molar-refractivity contribution in [2.75, 3.05) is 5.73 Å². The number of carbonyl (C=O) groups excluding carboxylic acids is 1. The lowest BCUT2D eigenvalue weighted by molar-refractivity contribution is 0.112. The van der Waals surface area contributed by atoms with Crippen molar-refractivity contribution < 1.29 is 4.79 Å². The smallest absolute Gasteiger partial charge is 0.180 e. The summed E-state index contributed by atoms with van der Waals surface area (Å²) < 4.78 is 0. The van der Waals surface area contributed by atoms with E-state index in [2.05, 4.69) is 4.98 Å².